The third-order valence-corrected chi connectivity index (χ3v) is 5.87. The van der Waals surface area contributed by atoms with E-state index in [2.05, 4.69) is 0 Å². The number of benzene rings is 2. The molecule has 1 aliphatic carbocycles. The monoisotopic (exact) mass is 385 g/mol. The van der Waals surface area contributed by atoms with Gasteiger partial charge in [0.2, 0.25) is 12.9 Å². The number of ether oxygens (including phenoxy) is 3. The second-order valence-electron chi connectivity index (χ2n) is 7.23. The average molecular weight is 386 g/mol. The highest BCUT2D eigenvalue weighted by Crippen LogP contribution is 2.45. The van der Waals surface area contributed by atoms with Crippen LogP contribution in [0, 0.1) is 0 Å². The zero-order chi connectivity index (χ0) is 18.4. The Balaban J connectivity index is 1.45. The lowest BCUT2D eigenvalue weighted by molar-refractivity contribution is -0.169. The van der Waals surface area contributed by atoms with E-state index in [9.17, 15) is 4.79 Å². The summed E-state index contributed by atoms with van der Waals surface area (Å²) in [6, 6.07) is 13.2. The summed E-state index contributed by atoms with van der Waals surface area (Å²) >= 11 is 5.96. The van der Waals surface area contributed by atoms with Gasteiger partial charge < -0.3 is 19.1 Å². The summed E-state index contributed by atoms with van der Waals surface area (Å²) in [6.07, 6.45) is 3.92. The lowest BCUT2D eigenvalue weighted by atomic mass is 9.87. The standard InChI is InChI=1S/C21H20ClNO4/c22-14-6-8-16(9-7-14)27-20-19(23(21(20)24)15-3-1-2-4-15)13-5-10-17-18(11-13)26-12-25-17/h5-11,15,19-20H,1-4,12H2/t19-,20-/m1/s1. The van der Waals surface area contributed by atoms with Gasteiger partial charge in [-0.05, 0) is 54.8 Å². The zero-order valence-electron chi connectivity index (χ0n) is 14.8. The molecular formula is C21H20ClNO4. The Morgan fingerprint density at radius 2 is 1.74 bits per heavy atom. The number of carbonyl (C=O) groups excluding carboxylic acids is 1. The molecule has 2 heterocycles. The lowest BCUT2D eigenvalue weighted by Crippen LogP contribution is -2.64. The van der Waals surface area contributed by atoms with E-state index in [1.165, 1.54) is 12.8 Å². The molecular weight excluding hydrogens is 366 g/mol. The Morgan fingerprint density at radius 3 is 2.52 bits per heavy atom. The summed E-state index contributed by atoms with van der Waals surface area (Å²) in [5, 5.41) is 0.641. The molecule has 2 aromatic carbocycles. The number of nitrogens with zero attached hydrogens (tertiary/aromatic N) is 1. The van der Waals surface area contributed by atoms with Gasteiger partial charge in [0.1, 0.15) is 11.8 Å². The first-order chi connectivity index (χ1) is 13.2. The third-order valence-electron chi connectivity index (χ3n) is 5.62. The second kappa shape index (κ2) is 6.64. The van der Waals surface area contributed by atoms with Crippen LogP contribution >= 0.6 is 11.6 Å². The Bertz CT molecular complexity index is 863. The highest BCUT2D eigenvalue weighted by atomic mass is 35.5. The van der Waals surface area contributed by atoms with E-state index in [0.717, 1.165) is 29.9 Å². The quantitative estimate of drug-likeness (QED) is 0.734. The number of rotatable bonds is 4. The van der Waals surface area contributed by atoms with E-state index in [0.29, 0.717) is 10.8 Å². The van der Waals surface area contributed by atoms with Gasteiger partial charge in [-0.3, -0.25) is 4.79 Å². The predicted molar refractivity (Wildman–Crippen MR) is 100 cm³/mol. The minimum atomic E-state index is -0.535. The fourth-order valence-corrected chi connectivity index (χ4v) is 4.41. The number of fused-ring (bicyclic) bond motifs is 1. The maximum atomic E-state index is 13.0. The highest BCUT2D eigenvalue weighted by Gasteiger charge is 2.53. The first-order valence-electron chi connectivity index (χ1n) is 9.35. The van der Waals surface area contributed by atoms with Crippen molar-refractivity contribution in [1.29, 1.82) is 0 Å². The van der Waals surface area contributed by atoms with E-state index >= 15 is 0 Å². The Hall–Kier alpha value is -2.40. The highest BCUT2D eigenvalue weighted by molar-refractivity contribution is 6.30. The molecule has 27 heavy (non-hydrogen) atoms. The van der Waals surface area contributed by atoms with Crippen LogP contribution in [-0.4, -0.2) is 29.7 Å². The number of carbonyl (C=O) groups is 1. The van der Waals surface area contributed by atoms with Gasteiger partial charge in [-0.2, -0.15) is 0 Å². The Morgan fingerprint density at radius 1 is 1.00 bits per heavy atom. The van der Waals surface area contributed by atoms with Gasteiger partial charge in [0, 0.05) is 11.1 Å². The van der Waals surface area contributed by atoms with Crippen molar-refractivity contribution >= 4 is 17.5 Å². The van der Waals surface area contributed by atoms with E-state index in [4.69, 9.17) is 25.8 Å². The van der Waals surface area contributed by atoms with Crippen LogP contribution in [0.25, 0.3) is 0 Å². The molecule has 0 N–H and O–H groups in total. The zero-order valence-corrected chi connectivity index (χ0v) is 15.5. The van der Waals surface area contributed by atoms with Crippen molar-refractivity contribution in [2.45, 2.75) is 43.9 Å². The summed E-state index contributed by atoms with van der Waals surface area (Å²) in [5.74, 6) is 2.17. The molecule has 1 saturated carbocycles. The lowest BCUT2D eigenvalue weighted by Gasteiger charge is -2.50. The average Bonchev–Trinajstić information content (AvgIpc) is 3.36. The second-order valence-corrected chi connectivity index (χ2v) is 7.67. The van der Waals surface area contributed by atoms with Crippen LogP contribution in [0.3, 0.4) is 0 Å². The van der Waals surface area contributed by atoms with Gasteiger partial charge in [-0.25, -0.2) is 0 Å². The minimum Gasteiger partial charge on any atom is -0.478 e. The normalized spacial score (nSPS) is 24.2. The van der Waals surface area contributed by atoms with Crippen molar-refractivity contribution < 1.29 is 19.0 Å². The van der Waals surface area contributed by atoms with Crippen molar-refractivity contribution in [1.82, 2.24) is 4.90 Å². The van der Waals surface area contributed by atoms with Crippen LogP contribution in [0.1, 0.15) is 37.3 Å². The van der Waals surface area contributed by atoms with Crippen molar-refractivity contribution in [2.24, 2.45) is 0 Å². The van der Waals surface area contributed by atoms with Gasteiger partial charge >= 0.3 is 0 Å². The number of β-lactam (4-membered cyclic amide) rings is 1. The number of likely N-dealkylation sites (tertiary alicyclic amines) is 1. The molecule has 2 aliphatic heterocycles. The number of amides is 1. The maximum absolute atomic E-state index is 13.0. The van der Waals surface area contributed by atoms with Crippen LogP contribution in [0.2, 0.25) is 5.02 Å². The Kier molecular flexibility index (Phi) is 4.12. The first-order valence-corrected chi connectivity index (χ1v) is 9.72. The number of hydrogen-bond acceptors (Lipinski definition) is 4. The fraction of sp³-hybridized carbons (Fsp3) is 0.381. The largest absolute Gasteiger partial charge is 0.478 e. The molecule has 2 aromatic rings. The first kappa shape index (κ1) is 16.8. The summed E-state index contributed by atoms with van der Waals surface area (Å²) in [4.78, 5) is 15.0. The van der Waals surface area contributed by atoms with Crippen LogP contribution in [0.5, 0.6) is 17.2 Å². The Labute approximate surface area is 162 Å². The van der Waals surface area contributed by atoms with Gasteiger partial charge in [0.25, 0.3) is 5.91 Å². The fourth-order valence-electron chi connectivity index (χ4n) is 4.28. The van der Waals surface area contributed by atoms with Crippen LogP contribution in [0.15, 0.2) is 42.5 Å². The molecule has 2 fully saturated rings. The van der Waals surface area contributed by atoms with Gasteiger partial charge in [0.15, 0.2) is 11.5 Å². The van der Waals surface area contributed by atoms with Gasteiger partial charge in [-0.15, -0.1) is 0 Å². The SMILES string of the molecule is O=C1[C@H](Oc2ccc(Cl)cc2)[C@@H](c2ccc3c(c2)OCO3)N1C1CCCC1. The van der Waals surface area contributed by atoms with Crippen molar-refractivity contribution in [3.63, 3.8) is 0 Å². The molecule has 0 unspecified atom stereocenters. The van der Waals surface area contributed by atoms with Crippen molar-refractivity contribution in [2.75, 3.05) is 6.79 Å². The smallest absolute Gasteiger partial charge is 0.267 e. The molecule has 140 valence electrons. The molecule has 0 spiro atoms. The summed E-state index contributed by atoms with van der Waals surface area (Å²) in [5.41, 5.74) is 1.02. The number of hydrogen-bond donors (Lipinski definition) is 0. The molecule has 1 amide bonds. The van der Waals surface area contributed by atoms with E-state index in [1.54, 1.807) is 24.3 Å². The summed E-state index contributed by atoms with van der Waals surface area (Å²) in [7, 11) is 0. The van der Waals surface area contributed by atoms with Crippen molar-refractivity contribution in [3.05, 3.63) is 53.1 Å². The van der Waals surface area contributed by atoms with Crippen LogP contribution in [-0.2, 0) is 4.79 Å². The number of halogens is 1. The molecule has 0 bridgehead atoms. The molecule has 6 heteroatoms. The maximum Gasteiger partial charge on any atom is 0.267 e. The summed E-state index contributed by atoms with van der Waals surface area (Å²) < 4.78 is 17.0. The summed E-state index contributed by atoms with van der Waals surface area (Å²) in [6.45, 7) is 0.236. The predicted octanol–water partition coefficient (Wildman–Crippen LogP) is 4.34. The molecule has 5 nitrogen and oxygen atoms in total. The van der Waals surface area contributed by atoms with Gasteiger partial charge in [-0.1, -0.05) is 30.5 Å². The van der Waals surface area contributed by atoms with E-state index in [-0.39, 0.29) is 24.8 Å². The molecule has 0 radical (unpaired) electrons. The molecule has 5 rings (SSSR count). The molecule has 2 atom stereocenters. The van der Waals surface area contributed by atoms with Crippen LogP contribution < -0.4 is 14.2 Å². The topological polar surface area (TPSA) is 48.0 Å². The molecule has 1 saturated heterocycles. The van der Waals surface area contributed by atoms with E-state index in [1.807, 2.05) is 23.1 Å². The van der Waals surface area contributed by atoms with E-state index < -0.39 is 6.10 Å². The molecule has 0 aromatic heterocycles. The van der Waals surface area contributed by atoms with Crippen LogP contribution in [0.4, 0.5) is 0 Å². The minimum absolute atomic E-state index is 0.0551. The van der Waals surface area contributed by atoms with Gasteiger partial charge in [0.05, 0.1) is 0 Å². The third kappa shape index (κ3) is 2.90. The van der Waals surface area contributed by atoms with Crippen molar-refractivity contribution in [3.8, 4) is 17.2 Å². The molecule has 3 aliphatic rings.